The molecular weight excluding hydrogens is 202 g/mol. The van der Waals surface area contributed by atoms with Gasteiger partial charge in [-0.3, -0.25) is 0 Å². The molecule has 2 unspecified atom stereocenters. The van der Waals surface area contributed by atoms with Gasteiger partial charge in [-0.15, -0.1) is 0 Å². The van der Waals surface area contributed by atoms with Gasteiger partial charge in [0.2, 0.25) is 0 Å². The average molecular weight is 221 g/mol. The molecule has 1 aliphatic rings. The highest BCUT2D eigenvalue weighted by Gasteiger charge is 2.30. The van der Waals surface area contributed by atoms with Crippen molar-refractivity contribution in [1.29, 1.82) is 0 Å². The van der Waals surface area contributed by atoms with Crippen molar-refractivity contribution in [3.8, 4) is 0 Å². The normalized spacial score (nSPS) is 24.8. The predicted molar refractivity (Wildman–Crippen MR) is 65.8 cm³/mol. The van der Waals surface area contributed by atoms with Crippen LogP contribution in [-0.4, -0.2) is 36.3 Å². The minimum Gasteiger partial charge on any atom is -0.394 e. The zero-order valence-electron chi connectivity index (χ0n) is 9.85. The van der Waals surface area contributed by atoms with E-state index in [4.69, 9.17) is 0 Å². The van der Waals surface area contributed by atoms with Crippen LogP contribution < -0.4 is 10.2 Å². The highest BCUT2D eigenvalue weighted by Crippen LogP contribution is 2.29. The number of aliphatic hydroxyl groups is 1. The van der Waals surface area contributed by atoms with Gasteiger partial charge in [-0.2, -0.15) is 0 Å². The molecule has 4 nitrogen and oxygen atoms in total. The lowest BCUT2D eigenvalue weighted by atomic mass is 10.0. The van der Waals surface area contributed by atoms with Crippen LogP contribution in [0.25, 0.3) is 0 Å². The summed E-state index contributed by atoms with van der Waals surface area (Å²) in [5.74, 6) is 1.42. The first-order valence-corrected chi connectivity index (χ1v) is 5.77. The first-order valence-electron chi connectivity index (χ1n) is 5.77. The summed E-state index contributed by atoms with van der Waals surface area (Å²) in [6.07, 6.45) is 2.95. The molecule has 0 spiro atoms. The van der Waals surface area contributed by atoms with Crippen molar-refractivity contribution in [2.24, 2.45) is 5.92 Å². The van der Waals surface area contributed by atoms with Gasteiger partial charge in [0.05, 0.1) is 12.6 Å². The zero-order valence-corrected chi connectivity index (χ0v) is 9.85. The third kappa shape index (κ3) is 1.97. The monoisotopic (exact) mass is 221 g/mol. The number of pyridine rings is 1. The molecule has 4 heteroatoms. The van der Waals surface area contributed by atoms with Gasteiger partial charge in [0.25, 0.3) is 0 Å². The van der Waals surface area contributed by atoms with Crippen molar-refractivity contribution >= 4 is 11.5 Å². The van der Waals surface area contributed by atoms with Crippen LogP contribution in [0.1, 0.15) is 13.3 Å². The quantitative estimate of drug-likeness (QED) is 0.808. The Morgan fingerprint density at radius 2 is 2.44 bits per heavy atom. The van der Waals surface area contributed by atoms with Gasteiger partial charge in [0.15, 0.2) is 0 Å². The standard InChI is InChI=1S/C12H19N3O/c1-9-4-6-15(11(9)8-16)10-3-5-14-12(7-10)13-2/h3,5,7,9,11,16H,4,6,8H2,1-2H3,(H,13,14). The van der Waals surface area contributed by atoms with Crippen LogP contribution in [0.5, 0.6) is 0 Å². The molecule has 0 radical (unpaired) electrons. The summed E-state index contributed by atoms with van der Waals surface area (Å²) in [7, 11) is 1.86. The number of rotatable bonds is 3. The van der Waals surface area contributed by atoms with Gasteiger partial charge in [0, 0.05) is 31.5 Å². The Morgan fingerprint density at radius 1 is 1.62 bits per heavy atom. The summed E-state index contributed by atoms with van der Waals surface area (Å²) < 4.78 is 0. The van der Waals surface area contributed by atoms with Crippen molar-refractivity contribution < 1.29 is 5.11 Å². The second-order valence-corrected chi connectivity index (χ2v) is 4.36. The number of anilines is 2. The Balaban J connectivity index is 2.22. The van der Waals surface area contributed by atoms with Crippen LogP contribution in [-0.2, 0) is 0 Å². The summed E-state index contributed by atoms with van der Waals surface area (Å²) in [4.78, 5) is 6.47. The van der Waals surface area contributed by atoms with Crippen LogP contribution in [0, 0.1) is 5.92 Å². The Morgan fingerprint density at radius 3 is 3.12 bits per heavy atom. The highest BCUT2D eigenvalue weighted by atomic mass is 16.3. The molecule has 1 fully saturated rings. The fourth-order valence-electron chi connectivity index (χ4n) is 2.34. The van der Waals surface area contributed by atoms with E-state index in [0.29, 0.717) is 5.92 Å². The Bertz CT molecular complexity index is 356. The van der Waals surface area contributed by atoms with Gasteiger partial charge < -0.3 is 15.3 Å². The van der Waals surface area contributed by atoms with Crippen LogP contribution in [0.3, 0.4) is 0 Å². The van der Waals surface area contributed by atoms with E-state index in [1.807, 2.05) is 19.2 Å². The maximum atomic E-state index is 9.42. The first kappa shape index (κ1) is 11.2. The van der Waals surface area contributed by atoms with Crippen LogP contribution in [0.15, 0.2) is 18.3 Å². The lowest BCUT2D eigenvalue weighted by Crippen LogP contribution is -2.35. The van der Waals surface area contributed by atoms with Crippen LogP contribution in [0.4, 0.5) is 11.5 Å². The Hall–Kier alpha value is -1.29. The molecule has 2 N–H and O–H groups in total. The molecule has 88 valence electrons. The number of aromatic nitrogens is 1. The SMILES string of the molecule is CNc1cc(N2CCC(C)C2CO)ccn1. The first-order chi connectivity index (χ1) is 7.76. The molecule has 2 heterocycles. The van der Waals surface area contributed by atoms with Crippen molar-refractivity contribution in [2.45, 2.75) is 19.4 Å². The number of nitrogens with one attached hydrogen (secondary N) is 1. The lowest BCUT2D eigenvalue weighted by molar-refractivity contribution is 0.245. The van der Waals surface area contributed by atoms with E-state index in [1.165, 1.54) is 0 Å². The molecule has 2 rings (SSSR count). The van der Waals surface area contributed by atoms with Crippen molar-refractivity contribution in [1.82, 2.24) is 4.98 Å². The fraction of sp³-hybridized carbons (Fsp3) is 0.583. The van der Waals surface area contributed by atoms with Crippen molar-refractivity contribution in [2.75, 3.05) is 30.4 Å². The van der Waals surface area contributed by atoms with E-state index in [1.54, 1.807) is 6.20 Å². The zero-order chi connectivity index (χ0) is 11.5. The predicted octanol–water partition coefficient (Wildman–Crippen LogP) is 1.33. The van der Waals surface area contributed by atoms with E-state index in [0.717, 1.165) is 24.5 Å². The molecule has 1 aromatic heterocycles. The van der Waals surface area contributed by atoms with E-state index >= 15 is 0 Å². The number of nitrogens with zero attached hydrogens (tertiary/aromatic N) is 2. The number of aliphatic hydroxyl groups excluding tert-OH is 1. The smallest absolute Gasteiger partial charge is 0.127 e. The minimum absolute atomic E-state index is 0.221. The molecule has 1 saturated heterocycles. The largest absolute Gasteiger partial charge is 0.394 e. The highest BCUT2D eigenvalue weighted by molar-refractivity contribution is 5.55. The van der Waals surface area contributed by atoms with Gasteiger partial charge in [0.1, 0.15) is 5.82 Å². The topological polar surface area (TPSA) is 48.4 Å². The van der Waals surface area contributed by atoms with Crippen molar-refractivity contribution in [3.63, 3.8) is 0 Å². The van der Waals surface area contributed by atoms with Crippen LogP contribution in [0.2, 0.25) is 0 Å². The summed E-state index contributed by atoms with van der Waals surface area (Å²) >= 11 is 0. The van der Waals surface area contributed by atoms with Crippen LogP contribution >= 0.6 is 0 Å². The van der Waals surface area contributed by atoms with Gasteiger partial charge in [-0.05, 0) is 18.4 Å². The molecule has 0 bridgehead atoms. The molecule has 16 heavy (non-hydrogen) atoms. The Labute approximate surface area is 96.3 Å². The number of hydrogen-bond acceptors (Lipinski definition) is 4. The molecule has 0 saturated carbocycles. The summed E-state index contributed by atoms with van der Waals surface area (Å²) in [5.41, 5.74) is 1.14. The Kier molecular flexibility index (Phi) is 3.29. The maximum Gasteiger partial charge on any atom is 0.127 e. The van der Waals surface area contributed by atoms with Gasteiger partial charge in [-0.25, -0.2) is 4.98 Å². The molecule has 0 amide bonds. The van der Waals surface area contributed by atoms with E-state index in [9.17, 15) is 5.11 Å². The minimum atomic E-state index is 0.221. The van der Waals surface area contributed by atoms with E-state index < -0.39 is 0 Å². The third-order valence-corrected chi connectivity index (χ3v) is 3.40. The second-order valence-electron chi connectivity index (χ2n) is 4.36. The summed E-state index contributed by atoms with van der Waals surface area (Å²) in [6, 6.07) is 4.27. The van der Waals surface area contributed by atoms with E-state index in [-0.39, 0.29) is 12.6 Å². The molecule has 1 aromatic rings. The number of hydrogen-bond donors (Lipinski definition) is 2. The summed E-state index contributed by atoms with van der Waals surface area (Å²) in [6.45, 7) is 3.43. The molecular formula is C12H19N3O. The third-order valence-electron chi connectivity index (χ3n) is 3.40. The molecule has 2 atom stereocenters. The molecule has 0 aromatic carbocycles. The molecule has 0 aliphatic carbocycles. The summed E-state index contributed by atoms with van der Waals surface area (Å²) in [5, 5.41) is 12.5. The lowest BCUT2D eigenvalue weighted by Gasteiger charge is -2.27. The van der Waals surface area contributed by atoms with E-state index in [2.05, 4.69) is 22.1 Å². The maximum absolute atomic E-state index is 9.42. The van der Waals surface area contributed by atoms with Gasteiger partial charge >= 0.3 is 0 Å². The average Bonchev–Trinajstić information content (AvgIpc) is 2.70. The van der Waals surface area contributed by atoms with Gasteiger partial charge in [-0.1, -0.05) is 6.92 Å². The second kappa shape index (κ2) is 4.70. The molecule has 1 aliphatic heterocycles. The van der Waals surface area contributed by atoms with Crippen molar-refractivity contribution in [3.05, 3.63) is 18.3 Å². The fourth-order valence-corrected chi connectivity index (χ4v) is 2.34.